The van der Waals surface area contributed by atoms with E-state index in [0.717, 1.165) is 6.26 Å². The molecule has 1 unspecified atom stereocenters. The molecule has 1 atom stereocenters. The van der Waals surface area contributed by atoms with Crippen molar-refractivity contribution < 1.29 is 22.7 Å². The van der Waals surface area contributed by atoms with E-state index in [1.165, 1.54) is 11.4 Å². The van der Waals surface area contributed by atoms with Gasteiger partial charge in [0.05, 0.1) is 24.8 Å². The van der Waals surface area contributed by atoms with Crippen LogP contribution in [-0.2, 0) is 19.6 Å². The number of nitrogens with one attached hydrogen (secondary N) is 1. The second kappa shape index (κ2) is 7.31. The number of hydrogen-bond donors (Lipinski definition) is 1. The molecule has 0 spiro atoms. The van der Waals surface area contributed by atoms with Crippen LogP contribution in [0.4, 0.5) is 5.69 Å². The third-order valence-corrected chi connectivity index (χ3v) is 5.49. The fourth-order valence-corrected chi connectivity index (χ4v) is 3.71. The highest BCUT2D eigenvalue weighted by molar-refractivity contribution is 7.88. The van der Waals surface area contributed by atoms with E-state index in [1.807, 2.05) is 0 Å². The zero-order valence-electron chi connectivity index (χ0n) is 14.0. The molecule has 2 rings (SSSR count). The minimum Gasteiger partial charge on any atom is -0.465 e. The molecule has 1 amide bonds. The fraction of sp³-hybridized carbons (Fsp3) is 0.500. The van der Waals surface area contributed by atoms with Crippen LogP contribution in [0, 0.1) is 12.8 Å². The second-order valence-electron chi connectivity index (χ2n) is 5.92. The summed E-state index contributed by atoms with van der Waals surface area (Å²) in [6, 6.07) is 5.00. The van der Waals surface area contributed by atoms with Gasteiger partial charge in [0, 0.05) is 18.8 Å². The first-order valence-electron chi connectivity index (χ1n) is 7.68. The Morgan fingerprint density at radius 1 is 1.33 bits per heavy atom. The number of piperidine rings is 1. The van der Waals surface area contributed by atoms with Gasteiger partial charge in [-0.2, -0.15) is 0 Å². The van der Waals surface area contributed by atoms with Gasteiger partial charge in [-0.3, -0.25) is 4.79 Å². The van der Waals surface area contributed by atoms with Gasteiger partial charge in [0.25, 0.3) is 0 Å². The quantitative estimate of drug-likeness (QED) is 0.825. The van der Waals surface area contributed by atoms with Crippen LogP contribution in [0.3, 0.4) is 0 Å². The number of carbonyl (C=O) groups is 2. The highest BCUT2D eigenvalue weighted by Gasteiger charge is 2.30. The van der Waals surface area contributed by atoms with Crippen molar-refractivity contribution in [2.45, 2.75) is 19.8 Å². The minimum atomic E-state index is -3.30. The average molecular weight is 354 g/mol. The number of carbonyl (C=O) groups excluding carboxylic acids is 2. The third kappa shape index (κ3) is 4.12. The van der Waals surface area contributed by atoms with Gasteiger partial charge in [-0.05, 0) is 37.5 Å². The fourth-order valence-electron chi connectivity index (χ4n) is 2.79. The third-order valence-electron chi connectivity index (χ3n) is 4.22. The Labute approximate surface area is 142 Å². The molecule has 1 N–H and O–H groups in total. The molecule has 0 aromatic heterocycles. The number of rotatable bonds is 4. The van der Waals surface area contributed by atoms with Crippen LogP contribution in [0.5, 0.6) is 0 Å². The van der Waals surface area contributed by atoms with Gasteiger partial charge in [0.15, 0.2) is 0 Å². The molecule has 1 heterocycles. The topological polar surface area (TPSA) is 92.8 Å². The van der Waals surface area contributed by atoms with E-state index < -0.39 is 21.9 Å². The van der Waals surface area contributed by atoms with Crippen molar-refractivity contribution >= 4 is 27.6 Å². The van der Waals surface area contributed by atoms with Crippen molar-refractivity contribution in [1.82, 2.24) is 4.31 Å². The van der Waals surface area contributed by atoms with Gasteiger partial charge >= 0.3 is 5.97 Å². The van der Waals surface area contributed by atoms with Gasteiger partial charge in [0.2, 0.25) is 15.9 Å². The van der Waals surface area contributed by atoms with Crippen LogP contribution >= 0.6 is 0 Å². The number of ether oxygens (including phenoxy) is 1. The number of nitrogens with zero attached hydrogens (tertiary/aromatic N) is 1. The number of benzene rings is 1. The molecule has 1 aliphatic heterocycles. The number of amides is 1. The molecular formula is C16H22N2O5S. The zero-order chi connectivity index (χ0) is 17.9. The molecule has 1 aromatic carbocycles. The van der Waals surface area contributed by atoms with E-state index >= 15 is 0 Å². The van der Waals surface area contributed by atoms with Gasteiger partial charge < -0.3 is 10.1 Å². The summed E-state index contributed by atoms with van der Waals surface area (Å²) >= 11 is 0. The Hall–Kier alpha value is -1.93. The average Bonchev–Trinajstić information content (AvgIpc) is 2.55. The lowest BCUT2D eigenvalue weighted by atomic mass is 9.98. The van der Waals surface area contributed by atoms with E-state index in [2.05, 4.69) is 5.32 Å². The van der Waals surface area contributed by atoms with Crippen LogP contribution < -0.4 is 5.32 Å². The summed E-state index contributed by atoms with van der Waals surface area (Å²) in [5.41, 5.74) is 1.53. The van der Waals surface area contributed by atoms with Crippen LogP contribution in [0.15, 0.2) is 18.2 Å². The normalized spacial score (nSPS) is 18.9. The van der Waals surface area contributed by atoms with Gasteiger partial charge in [-0.1, -0.05) is 6.07 Å². The lowest BCUT2D eigenvalue weighted by Crippen LogP contribution is -2.43. The molecule has 132 valence electrons. The molecule has 7 nitrogen and oxygen atoms in total. The van der Waals surface area contributed by atoms with Crippen molar-refractivity contribution in [3.63, 3.8) is 0 Å². The smallest absolute Gasteiger partial charge is 0.338 e. The summed E-state index contributed by atoms with van der Waals surface area (Å²) < 4.78 is 29.4. The maximum atomic E-state index is 12.5. The Kier molecular flexibility index (Phi) is 5.61. The summed E-state index contributed by atoms with van der Waals surface area (Å²) in [5, 5.41) is 2.80. The van der Waals surface area contributed by atoms with Gasteiger partial charge in [0.1, 0.15) is 0 Å². The minimum absolute atomic E-state index is 0.181. The molecule has 0 saturated carbocycles. The van der Waals surface area contributed by atoms with Crippen LogP contribution in [0.2, 0.25) is 0 Å². The number of methoxy groups -OCH3 is 1. The van der Waals surface area contributed by atoms with Crippen LogP contribution in [-0.4, -0.2) is 51.1 Å². The first-order valence-corrected chi connectivity index (χ1v) is 9.52. The van der Waals surface area contributed by atoms with Crippen molar-refractivity contribution in [3.8, 4) is 0 Å². The molecule has 24 heavy (non-hydrogen) atoms. The predicted octanol–water partition coefficient (Wildman–Crippen LogP) is 1.39. The van der Waals surface area contributed by atoms with Gasteiger partial charge in [-0.25, -0.2) is 17.5 Å². The van der Waals surface area contributed by atoms with Crippen molar-refractivity contribution in [2.75, 3.05) is 31.8 Å². The van der Waals surface area contributed by atoms with Crippen LogP contribution in [0.1, 0.15) is 28.8 Å². The summed E-state index contributed by atoms with van der Waals surface area (Å²) in [6.07, 6.45) is 2.43. The van der Waals surface area contributed by atoms with Crippen molar-refractivity contribution in [3.05, 3.63) is 29.3 Å². The molecular weight excluding hydrogens is 332 g/mol. The van der Waals surface area contributed by atoms with E-state index in [4.69, 9.17) is 4.74 Å². The maximum Gasteiger partial charge on any atom is 0.338 e. The van der Waals surface area contributed by atoms with E-state index in [-0.39, 0.29) is 12.5 Å². The van der Waals surface area contributed by atoms with Gasteiger partial charge in [-0.15, -0.1) is 0 Å². The maximum absolute atomic E-state index is 12.5. The molecule has 0 aliphatic carbocycles. The molecule has 1 saturated heterocycles. The molecule has 1 aromatic rings. The SMILES string of the molecule is COC(=O)c1cccc(NC(=O)C2CCCN(S(C)(=O)=O)C2)c1C. The largest absolute Gasteiger partial charge is 0.465 e. The second-order valence-corrected chi connectivity index (χ2v) is 7.90. The summed E-state index contributed by atoms with van der Waals surface area (Å²) in [5.74, 6) is -1.12. The Morgan fingerprint density at radius 2 is 2.04 bits per heavy atom. The first-order chi connectivity index (χ1) is 11.2. The highest BCUT2D eigenvalue weighted by atomic mass is 32.2. The number of hydrogen-bond acceptors (Lipinski definition) is 5. The Balaban J connectivity index is 2.14. The molecule has 1 aliphatic rings. The standard InChI is InChI=1S/C16H22N2O5S/c1-11-13(16(20)23-2)7-4-8-14(11)17-15(19)12-6-5-9-18(10-12)24(3,21)22/h4,7-8,12H,5-6,9-10H2,1-3H3,(H,17,19). The molecule has 0 bridgehead atoms. The zero-order valence-corrected chi connectivity index (χ0v) is 14.9. The van der Waals surface area contributed by atoms with Crippen molar-refractivity contribution in [1.29, 1.82) is 0 Å². The predicted molar refractivity (Wildman–Crippen MR) is 90.3 cm³/mol. The van der Waals surface area contributed by atoms with Crippen LogP contribution in [0.25, 0.3) is 0 Å². The van der Waals surface area contributed by atoms with E-state index in [9.17, 15) is 18.0 Å². The lowest BCUT2D eigenvalue weighted by molar-refractivity contribution is -0.120. The summed E-state index contributed by atoms with van der Waals surface area (Å²) in [6.45, 7) is 2.35. The van der Waals surface area contributed by atoms with E-state index in [1.54, 1.807) is 25.1 Å². The summed E-state index contributed by atoms with van der Waals surface area (Å²) in [4.78, 5) is 24.2. The number of sulfonamides is 1. The molecule has 8 heteroatoms. The molecule has 1 fully saturated rings. The monoisotopic (exact) mass is 354 g/mol. The first kappa shape index (κ1) is 18.4. The highest BCUT2D eigenvalue weighted by Crippen LogP contribution is 2.23. The lowest BCUT2D eigenvalue weighted by Gasteiger charge is -2.30. The van der Waals surface area contributed by atoms with E-state index in [0.29, 0.717) is 36.2 Å². The number of anilines is 1. The summed E-state index contributed by atoms with van der Waals surface area (Å²) in [7, 11) is -2.00. The Morgan fingerprint density at radius 3 is 2.67 bits per heavy atom. The Bertz CT molecular complexity index is 745. The number of esters is 1. The molecule has 0 radical (unpaired) electrons. The van der Waals surface area contributed by atoms with Crippen molar-refractivity contribution in [2.24, 2.45) is 5.92 Å².